The normalized spacial score (nSPS) is 9.64. The summed E-state index contributed by atoms with van der Waals surface area (Å²) in [5.41, 5.74) is 2.23. The summed E-state index contributed by atoms with van der Waals surface area (Å²) in [4.78, 5) is 23.3. The molecule has 2 aromatic carbocycles. The molecular weight excluding hydrogens is 280 g/mol. The Morgan fingerprint density at radius 3 is 2.45 bits per heavy atom. The molecule has 0 heterocycles. The van der Waals surface area contributed by atoms with Gasteiger partial charge in [-0.1, -0.05) is 12.1 Å². The minimum atomic E-state index is -0.444. The summed E-state index contributed by atoms with van der Waals surface area (Å²) in [6.45, 7) is 0.326. The molecule has 0 bridgehead atoms. The Morgan fingerprint density at radius 2 is 1.82 bits per heavy atom. The monoisotopic (exact) mass is 294 g/mol. The molecule has 22 heavy (non-hydrogen) atoms. The Morgan fingerprint density at radius 1 is 1.14 bits per heavy atom. The van der Waals surface area contributed by atoms with Crippen molar-refractivity contribution in [2.45, 2.75) is 6.54 Å². The molecule has 0 atom stereocenters. The first-order valence-electron chi connectivity index (χ1n) is 6.59. The molecule has 2 aromatic rings. The van der Waals surface area contributed by atoms with Crippen molar-refractivity contribution in [1.29, 1.82) is 5.26 Å². The van der Waals surface area contributed by atoms with E-state index in [2.05, 4.69) is 16.1 Å². The van der Waals surface area contributed by atoms with E-state index in [9.17, 15) is 9.59 Å². The third-order valence-electron chi connectivity index (χ3n) is 3.08. The maximum absolute atomic E-state index is 12.0. The van der Waals surface area contributed by atoms with E-state index < -0.39 is 5.97 Å². The van der Waals surface area contributed by atoms with Crippen LogP contribution in [0.5, 0.6) is 0 Å². The van der Waals surface area contributed by atoms with E-state index >= 15 is 0 Å². The van der Waals surface area contributed by atoms with Crippen molar-refractivity contribution in [1.82, 2.24) is 5.32 Å². The number of rotatable bonds is 4. The summed E-state index contributed by atoms with van der Waals surface area (Å²) in [5, 5.41) is 11.6. The Balaban J connectivity index is 2.00. The van der Waals surface area contributed by atoms with Gasteiger partial charge in [0.25, 0.3) is 5.91 Å². The van der Waals surface area contributed by atoms with Gasteiger partial charge in [-0.15, -0.1) is 0 Å². The topological polar surface area (TPSA) is 79.2 Å². The number of amides is 1. The maximum Gasteiger partial charge on any atom is 0.337 e. The van der Waals surface area contributed by atoms with Crippen molar-refractivity contribution >= 4 is 11.9 Å². The van der Waals surface area contributed by atoms with Gasteiger partial charge in [-0.3, -0.25) is 4.79 Å². The molecule has 0 aliphatic heterocycles. The van der Waals surface area contributed by atoms with Crippen molar-refractivity contribution < 1.29 is 14.3 Å². The average molecular weight is 294 g/mol. The van der Waals surface area contributed by atoms with E-state index in [0.29, 0.717) is 23.2 Å². The molecule has 2 rings (SSSR count). The van der Waals surface area contributed by atoms with Crippen LogP contribution in [-0.4, -0.2) is 19.0 Å². The van der Waals surface area contributed by atoms with Crippen molar-refractivity contribution in [3.05, 3.63) is 70.8 Å². The van der Waals surface area contributed by atoms with Crippen LogP contribution in [0.1, 0.15) is 31.8 Å². The number of carbonyl (C=O) groups excluding carboxylic acids is 2. The molecular formula is C17H14N2O3. The molecule has 110 valence electrons. The van der Waals surface area contributed by atoms with Crippen LogP contribution in [-0.2, 0) is 11.3 Å². The Kier molecular flexibility index (Phi) is 4.89. The first kappa shape index (κ1) is 15.3. The molecule has 0 unspecified atom stereocenters. The number of carbonyl (C=O) groups is 2. The van der Waals surface area contributed by atoms with E-state index in [1.54, 1.807) is 30.3 Å². The van der Waals surface area contributed by atoms with E-state index in [4.69, 9.17) is 5.26 Å². The lowest BCUT2D eigenvalue weighted by atomic mass is 10.1. The molecule has 0 aliphatic carbocycles. The number of nitrogens with one attached hydrogen (secondary N) is 1. The lowest BCUT2D eigenvalue weighted by Gasteiger charge is -2.06. The molecule has 0 spiro atoms. The van der Waals surface area contributed by atoms with Crippen LogP contribution in [0.15, 0.2) is 48.5 Å². The van der Waals surface area contributed by atoms with Gasteiger partial charge in [0.05, 0.1) is 24.3 Å². The highest BCUT2D eigenvalue weighted by molar-refractivity contribution is 5.96. The number of benzene rings is 2. The number of hydrogen-bond donors (Lipinski definition) is 1. The average Bonchev–Trinajstić information content (AvgIpc) is 2.59. The molecule has 0 saturated heterocycles. The Hall–Kier alpha value is -3.13. The zero-order valence-electron chi connectivity index (χ0n) is 12.0. The molecule has 0 aliphatic rings. The van der Waals surface area contributed by atoms with Gasteiger partial charge in [0, 0.05) is 12.1 Å². The van der Waals surface area contributed by atoms with Crippen LogP contribution in [0.25, 0.3) is 0 Å². The fourth-order valence-electron chi connectivity index (χ4n) is 1.91. The fraction of sp³-hybridized carbons (Fsp3) is 0.118. The highest BCUT2D eigenvalue weighted by Gasteiger charge is 2.08. The standard InChI is InChI=1S/C17H14N2O3/c1-22-17(21)15-7-5-14(6-8-15)16(20)19-11-13-4-2-3-12(9-13)10-18/h2-9H,11H2,1H3,(H,19,20). The SMILES string of the molecule is COC(=O)c1ccc(C(=O)NCc2cccc(C#N)c2)cc1. The lowest BCUT2D eigenvalue weighted by molar-refractivity contribution is 0.0600. The third-order valence-corrected chi connectivity index (χ3v) is 3.08. The van der Waals surface area contributed by atoms with Crippen LogP contribution in [0.3, 0.4) is 0 Å². The van der Waals surface area contributed by atoms with Crippen molar-refractivity contribution in [2.24, 2.45) is 0 Å². The summed E-state index contributed by atoms with van der Waals surface area (Å²) in [7, 11) is 1.30. The summed E-state index contributed by atoms with van der Waals surface area (Å²) in [6, 6.07) is 15.3. The predicted octanol–water partition coefficient (Wildman–Crippen LogP) is 2.27. The lowest BCUT2D eigenvalue weighted by Crippen LogP contribution is -2.22. The minimum absolute atomic E-state index is 0.251. The zero-order chi connectivity index (χ0) is 15.9. The van der Waals surface area contributed by atoms with Gasteiger partial charge in [0.2, 0.25) is 0 Å². The molecule has 0 saturated carbocycles. The summed E-state index contributed by atoms with van der Waals surface area (Å²) in [5.74, 6) is -0.695. The Labute approximate surface area is 128 Å². The molecule has 1 N–H and O–H groups in total. The summed E-state index contributed by atoms with van der Waals surface area (Å²) >= 11 is 0. The van der Waals surface area contributed by atoms with Gasteiger partial charge in [-0.05, 0) is 42.0 Å². The van der Waals surface area contributed by atoms with E-state index in [0.717, 1.165) is 5.56 Å². The van der Waals surface area contributed by atoms with Gasteiger partial charge >= 0.3 is 5.97 Å². The number of ether oxygens (including phenoxy) is 1. The van der Waals surface area contributed by atoms with Crippen LogP contribution in [0.2, 0.25) is 0 Å². The van der Waals surface area contributed by atoms with Crippen LogP contribution < -0.4 is 5.32 Å². The molecule has 1 amide bonds. The second-order valence-electron chi connectivity index (χ2n) is 4.56. The van der Waals surface area contributed by atoms with Crippen LogP contribution in [0, 0.1) is 11.3 Å². The first-order chi connectivity index (χ1) is 10.6. The zero-order valence-corrected chi connectivity index (χ0v) is 12.0. The molecule has 0 radical (unpaired) electrons. The molecule has 0 fully saturated rings. The third kappa shape index (κ3) is 3.70. The molecule has 0 aromatic heterocycles. The Bertz CT molecular complexity index is 730. The largest absolute Gasteiger partial charge is 0.465 e. The fourth-order valence-corrected chi connectivity index (χ4v) is 1.91. The highest BCUT2D eigenvalue weighted by atomic mass is 16.5. The van der Waals surface area contributed by atoms with Gasteiger partial charge < -0.3 is 10.1 Å². The second kappa shape index (κ2) is 7.04. The molecule has 5 heteroatoms. The van der Waals surface area contributed by atoms with Gasteiger partial charge in [0.1, 0.15) is 0 Å². The van der Waals surface area contributed by atoms with E-state index in [1.165, 1.54) is 19.2 Å². The van der Waals surface area contributed by atoms with Gasteiger partial charge in [-0.2, -0.15) is 5.26 Å². The van der Waals surface area contributed by atoms with Crippen molar-refractivity contribution in [2.75, 3.05) is 7.11 Å². The van der Waals surface area contributed by atoms with E-state index in [1.807, 2.05) is 6.07 Å². The number of hydrogen-bond acceptors (Lipinski definition) is 4. The number of nitrogens with zero attached hydrogens (tertiary/aromatic N) is 1. The number of nitriles is 1. The van der Waals surface area contributed by atoms with E-state index in [-0.39, 0.29) is 5.91 Å². The van der Waals surface area contributed by atoms with Gasteiger partial charge in [-0.25, -0.2) is 4.79 Å². The smallest absolute Gasteiger partial charge is 0.337 e. The quantitative estimate of drug-likeness (QED) is 0.877. The number of esters is 1. The van der Waals surface area contributed by atoms with Crippen LogP contribution >= 0.6 is 0 Å². The van der Waals surface area contributed by atoms with Gasteiger partial charge in [0.15, 0.2) is 0 Å². The number of methoxy groups -OCH3 is 1. The predicted molar refractivity (Wildman–Crippen MR) is 80.1 cm³/mol. The summed E-state index contributed by atoms with van der Waals surface area (Å²) < 4.78 is 4.60. The maximum atomic E-state index is 12.0. The minimum Gasteiger partial charge on any atom is -0.465 e. The highest BCUT2D eigenvalue weighted by Crippen LogP contribution is 2.07. The second-order valence-corrected chi connectivity index (χ2v) is 4.56. The molecule has 5 nitrogen and oxygen atoms in total. The van der Waals surface area contributed by atoms with Crippen molar-refractivity contribution in [3.63, 3.8) is 0 Å². The van der Waals surface area contributed by atoms with Crippen molar-refractivity contribution in [3.8, 4) is 6.07 Å². The summed E-state index contributed by atoms with van der Waals surface area (Å²) in [6.07, 6.45) is 0. The first-order valence-corrected chi connectivity index (χ1v) is 6.59. The van der Waals surface area contributed by atoms with Crippen LogP contribution in [0.4, 0.5) is 0 Å².